The summed E-state index contributed by atoms with van der Waals surface area (Å²) in [5, 5.41) is 11.4. The topological polar surface area (TPSA) is 101 Å². The van der Waals surface area contributed by atoms with E-state index in [-0.39, 0.29) is 17.9 Å². The molecular weight excluding hydrogens is 342 g/mol. The second kappa shape index (κ2) is 6.80. The Morgan fingerprint density at radius 2 is 2.10 bits per heavy atom. The molecule has 2 N–H and O–H groups in total. The molecule has 7 nitrogen and oxygen atoms in total. The molecule has 2 aromatic rings. The first kappa shape index (κ1) is 14.9. The summed E-state index contributed by atoms with van der Waals surface area (Å²) in [6.07, 6.45) is 4.08. The summed E-state index contributed by atoms with van der Waals surface area (Å²) in [5.41, 5.74) is -0.0116. The molecule has 0 radical (unpaired) electrons. The minimum Gasteiger partial charge on any atom is -0.482 e. The molecule has 0 aliphatic rings. The number of carboxylic acids is 1. The lowest BCUT2D eigenvalue weighted by atomic mass is 10.3. The van der Waals surface area contributed by atoms with Crippen molar-refractivity contribution >= 4 is 33.6 Å². The van der Waals surface area contributed by atoms with Crippen LogP contribution in [0.2, 0.25) is 0 Å². The van der Waals surface area contributed by atoms with Crippen LogP contribution >= 0.6 is 15.9 Å². The van der Waals surface area contributed by atoms with E-state index in [9.17, 15) is 9.59 Å². The number of pyridine rings is 2. The molecule has 2 aromatic heterocycles. The van der Waals surface area contributed by atoms with Crippen molar-refractivity contribution in [3.05, 3.63) is 46.8 Å². The Morgan fingerprint density at radius 3 is 2.76 bits per heavy atom. The number of nitrogens with zero attached hydrogens (tertiary/aromatic N) is 2. The second-order valence-electron chi connectivity index (χ2n) is 3.91. The van der Waals surface area contributed by atoms with Gasteiger partial charge in [-0.1, -0.05) is 0 Å². The SMILES string of the molecule is O=C(COc1cncc(C(=O)O)c1)Nc1ccc(Br)cn1. The average Bonchev–Trinajstić information content (AvgIpc) is 2.48. The van der Waals surface area contributed by atoms with Gasteiger partial charge in [-0.05, 0) is 34.1 Å². The molecule has 2 heterocycles. The Bertz CT molecular complexity index is 661. The number of amides is 1. The fraction of sp³-hybridized carbons (Fsp3) is 0.0769. The molecule has 0 atom stereocenters. The summed E-state index contributed by atoms with van der Waals surface area (Å²) in [6, 6.07) is 4.67. The minimum atomic E-state index is -1.11. The number of hydrogen-bond acceptors (Lipinski definition) is 5. The van der Waals surface area contributed by atoms with Crippen molar-refractivity contribution in [3.8, 4) is 5.75 Å². The first-order valence-corrected chi connectivity index (χ1v) is 6.56. The number of hydrogen-bond donors (Lipinski definition) is 2. The largest absolute Gasteiger partial charge is 0.482 e. The van der Waals surface area contributed by atoms with Crippen LogP contribution in [0.15, 0.2) is 41.3 Å². The third-order valence-electron chi connectivity index (χ3n) is 2.32. The maximum atomic E-state index is 11.7. The number of rotatable bonds is 5. The number of halogens is 1. The van der Waals surface area contributed by atoms with E-state index >= 15 is 0 Å². The molecule has 0 aliphatic heterocycles. The van der Waals surface area contributed by atoms with E-state index in [1.807, 2.05) is 0 Å². The molecule has 108 valence electrons. The van der Waals surface area contributed by atoms with Gasteiger partial charge in [0.1, 0.15) is 11.6 Å². The summed E-state index contributed by atoms with van der Waals surface area (Å²) in [6.45, 7) is -0.275. The molecule has 0 saturated carbocycles. The molecule has 0 spiro atoms. The van der Waals surface area contributed by atoms with Gasteiger partial charge in [0.15, 0.2) is 6.61 Å². The standard InChI is InChI=1S/C13H10BrN3O4/c14-9-1-2-11(16-5-9)17-12(18)7-21-10-3-8(13(19)20)4-15-6-10/h1-6H,7H2,(H,19,20)(H,16,17,18). The molecule has 0 fully saturated rings. The third-order valence-corrected chi connectivity index (χ3v) is 2.79. The van der Waals surface area contributed by atoms with Crippen LogP contribution in [-0.4, -0.2) is 33.6 Å². The Labute approximate surface area is 128 Å². The maximum Gasteiger partial charge on any atom is 0.337 e. The second-order valence-corrected chi connectivity index (χ2v) is 4.83. The Balaban J connectivity index is 1.90. The van der Waals surface area contributed by atoms with E-state index < -0.39 is 11.9 Å². The highest BCUT2D eigenvalue weighted by molar-refractivity contribution is 9.10. The third kappa shape index (κ3) is 4.53. The highest BCUT2D eigenvalue weighted by atomic mass is 79.9. The molecule has 0 saturated heterocycles. The van der Waals surface area contributed by atoms with Gasteiger partial charge in [-0.25, -0.2) is 9.78 Å². The van der Waals surface area contributed by atoms with Gasteiger partial charge >= 0.3 is 5.97 Å². The Morgan fingerprint density at radius 1 is 1.29 bits per heavy atom. The predicted octanol–water partition coefficient (Wildman–Crippen LogP) is 1.95. The van der Waals surface area contributed by atoms with E-state index in [1.165, 1.54) is 18.5 Å². The van der Waals surface area contributed by atoms with Gasteiger partial charge in [-0.2, -0.15) is 0 Å². The summed E-state index contributed by atoms with van der Waals surface area (Å²) in [7, 11) is 0. The van der Waals surface area contributed by atoms with Crippen molar-refractivity contribution in [3.63, 3.8) is 0 Å². The lowest BCUT2D eigenvalue weighted by molar-refractivity contribution is -0.118. The number of ether oxygens (including phenoxy) is 1. The molecular formula is C13H10BrN3O4. The summed E-state index contributed by atoms with van der Waals surface area (Å²) < 4.78 is 5.98. The van der Waals surface area contributed by atoms with Crippen LogP contribution in [0.1, 0.15) is 10.4 Å². The number of aromatic nitrogens is 2. The first-order chi connectivity index (χ1) is 10.0. The van der Waals surface area contributed by atoms with Gasteiger partial charge in [0, 0.05) is 16.9 Å². The maximum absolute atomic E-state index is 11.7. The number of aromatic carboxylic acids is 1. The van der Waals surface area contributed by atoms with E-state index in [1.54, 1.807) is 18.3 Å². The molecule has 2 rings (SSSR count). The monoisotopic (exact) mass is 351 g/mol. The van der Waals surface area contributed by atoms with Crippen LogP contribution in [-0.2, 0) is 4.79 Å². The number of carboxylic acid groups (broad SMARTS) is 1. The van der Waals surface area contributed by atoms with Crippen molar-refractivity contribution in [2.24, 2.45) is 0 Å². The summed E-state index contributed by atoms with van der Waals surface area (Å²) >= 11 is 3.24. The van der Waals surface area contributed by atoms with E-state index in [2.05, 4.69) is 31.2 Å². The fourth-order valence-electron chi connectivity index (χ4n) is 1.39. The van der Waals surface area contributed by atoms with Crippen LogP contribution in [0.25, 0.3) is 0 Å². The molecule has 21 heavy (non-hydrogen) atoms. The van der Waals surface area contributed by atoms with Crippen LogP contribution < -0.4 is 10.1 Å². The fourth-order valence-corrected chi connectivity index (χ4v) is 1.63. The van der Waals surface area contributed by atoms with Gasteiger partial charge in [0.25, 0.3) is 5.91 Å². The number of nitrogens with one attached hydrogen (secondary N) is 1. The van der Waals surface area contributed by atoms with Gasteiger partial charge in [-0.3, -0.25) is 9.78 Å². The van der Waals surface area contributed by atoms with Crippen LogP contribution in [0.5, 0.6) is 5.75 Å². The zero-order valence-electron chi connectivity index (χ0n) is 10.6. The molecule has 1 amide bonds. The van der Waals surface area contributed by atoms with Crippen LogP contribution in [0, 0.1) is 0 Å². The first-order valence-electron chi connectivity index (χ1n) is 5.77. The number of carbonyl (C=O) groups excluding carboxylic acids is 1. The summed E-state index contributed by atoms with van der Waals surface area (Å²) in [5.74, 6) is -0.931. The molecule has 0 bridgehead atoms. The van der Waals surface area contributed by atoms with Gasteiger partial charge in [-0.15, -0.1) is 0 Å². The van der Waals surface area contributed by atoms with Crippen molar-refractivity contribution in [2.45, 2.75) is 0 Å². The smallest absolute Gasteiger partial charge is 0.337 e. The molecule has 0 aliphatic carbocycles. The number of carbonyl (C=O) groups is 2. The zero-order chi connectivity index (χ0) is 15.2. The lowest BCUT2D eigenvalue weighted by Gasteiger charge is -2.07. The quantitative estimate of drug-likeness (QED) is 0.853. The predicted molar refractivity (Wildman–Crippen MR) is 77.3 cm³/mol. The zero-order valence-corrected chi connectivity index (χ0v) is 12.2. The van der Waals surface area contributed by atoms with Gasteiger partial charge in [0.2, 0.25) is 0 Å². The molecule has 0 unspecified atom stereocenters. The summed E-state index contributed by atoms with van der Waals surface area (Å²) in [4.78, 5) is 30.1. The number of anilines is 1. The van der Waals surface area contributed by atoms with Crippen molar-refractivity contribution in [1.29, 1.82) is 0 Å². The minimum absolute atomic E-state index is 0.0116. The van der Waals surface area contributed by atoms with E-state index in [0.717, 1.165) is 4.47 Å². The normalized spacial score (nSPS) is 9.95. The van der Waals surface area contributed by atoms with Crippen LogP contribution in [0.3, 0.4) is 0 Å². The highest BCUT2D eigenvalue weighted by Crippen LogP contribution is 2.12. The van der Waals surface area contributed by atoms with E-state index in [0.29, 0.717) is 5.82 Å². The van der Waals surface area contributed by atoms with Gasteiger partial charge in [0.05, 0.1) is 11.8 Å². The van der Waals surface area contributed by atoms with Gasteiger partial charge < -0.3 is 15.2 Å². The van der Waals surface area contributed by atoms with Crippen molar-refractivity contribution < 1.29 is 19.4 Å². The Hall–Kier alpha value is -2.48. The van der Waals surface area contributed by atoms with E-state index in [4.69, 9.17) is 9.84 Å². The highest BCUT2D eigenvalue weighted by Gasteiger charge is 2.08. The molecule has 8 heteroatoms. The van der Waals surface area contributed by atoms with Crippen molar-refractivity contribution in [1.82, 2.24) is 9.97 Å². The molecule has 0 aromatic carbocycles. The van der Waals surface area contributed by atoms with Crippen LogP contribution in [0.4, 0.5) is 5.82 Å². The average molecular weight is 352 g/mol. The van der Waals surface area contributed by atoms with Crippen molar-refractivity contribution in [2.75, 3.05) is 11.9 Å². The Kier molecular flexibility index (Phi) is 4.83. The lowest BCUT2D eigenvalue weighted by Crippen LogP contribution is -2.20.